The lowest BCUT2D eigenvalue weighted by atomic mass is 10.1. The van der Waals surface area contributed by atoms with Crippen LogP contribution in [0.25, 0.3) is 0 Å². The summed E-state index contributed by atoms with van der Waals surface area (Å²) in [5.41, 5.74) is -0.380. The highest BCUT2D eigenvalue weighted by molar-refractivity contribution is 7.13. The van der Waals surface area contributed by atoms with Gasteiger partial charge < -0.3 is 10.4 Å². The second kappa shape index (κ2) is 3.30. The van der Waals surface area contributed by atoms with Crippen molar-refractivity contribution < 1.29 is 14.7 Å². The summed E-state index contributed by atoms with van der Waals surface area (Å²) < 4.78 is 0. The van der Waals surface area contributed by atoms with Gasteiger partial charge in [0, 0.05) is 5.38 Å². The van der Waals surface area contributed by atoms with Crippen molar-refractivity contribution in [2.24, 2.45) is 5.41 Å². The molecule has 80 valence electrons. The Morgan fingerprint density at radius 2 is 2.27 bits per heavy atom. The van der Waals surface area contributed by atoms with E-state index in [0.717, 1.165) is 5.69 Å². The first-order valence-corrected chi connectivity index (χ1v) is 5.39. The van der Waals surface area contributed by atoms with Crippen LogP contribution in [0.3, 0.4) is 0 Å². The molecule has 1 aliphatic carbocycles. The first-order valence-electron chi connectivity index (χ1n) is 4.51. The Balaban J connectivity index is 2.08. The molecule has 1 fully saturated rings. The lowest BCUT2D eigenvalue weighted by Gasteiger charge is -2.07. The molecule has 15 heavy (non-hydrogen) atoms. The third kappa shape index (κ3) is 1.72. The Labute approximate surface area is 90.1 Å². The summed E-state index contributed by atoms with van der Waals surface area (Å²) in [5.74, 6) is -1.50. The second-order valence-corrected chi connectivity index (χ2v) is 4.49. The van der Waals surface area contributed by atoms with Gasteiger partial charge in [0.1, 0.15) is 5.41 Å². The largest absolute Gasteiger partial charge is 0.480 e. The van der Waals surface area contributed by atoms with Crippen LogP contribution in [0.15, 0.2) is 5.38 Å². The molecule has 0 atom stereocenters. The number of carbonyl (C=O) groups is 2. The number of amides is 1. The van der Waals surface area contributed by atoms with Crippen molar-refractivity contribution in [2.45, 2.75) is 19.8 Å². The minimum Gasteiger partial charge on any atom is -0.480 e. The summed E-state index contributed by atoms with van der Waals surface area (Å²) in [4.78, 5) is 26.5. The Hall–Kier alpha value is -1.43. The van der Waals surface area contributed by atoms with Crippen LogP contribution < -0.4 is 5.32 Å². The molecule has 0 saturated heterocycles. The summed E-state index contributed by atoms with van der Waals surface area (Å²) in [5, 5.41) is 13.7. The molecule has 1 aliphatic rings. The van der Waals surface area contributed by atoms with Gasteiger partial charge in [0.05, 0.1) is 5.69 Å². The molecule has 0 radical (unpaired) electrons. The summed E-state index contributed by atoms with van der Waals surface area (Å²) in [7, 11) is 0. The summed E-state index contributed by atoms with van der Waals surface area (Å²) in [6.07, 6.45) is 0.830. The van der Waals surface area contributed by atoms with Crippen molar-refractivity contribution in [3.05, 3.63) is 11.1 Å². The van der Waals surface area contributed by atoms with Gasteiger partial charge in [0.2, 0.25) is 5.91 Å². The fourth-order valence-corrected chi connectivity index (χ4v) is 1.97. The third-order valence-corrected chi connectivity index (χ3v) is 3.31. The smallest absolute Gasteiger partial charge is 0.319 e. The number of carbonyl (C=O) groups excluding carboxylic acids is 1. The number of hydrogen-bond donors (Lipinski definition) is 2. The molecular weight excluding hydrogens is 216 g/mol. The van der Waals surface area contributed by atoms with Crippen molar-refractivity contribution in [3.63, 3.8) is 0 Å². The van der Waals surface area contributed by atoms with Crippen LogP contribution in [-0.2, 0) is 9.59 Å². The van der Waals surface area contributed by atoms with E-state index in [9.17, 15) is 9.59 Å². The standard InChI is InChI=1S/C9H10N2O3S/c1-5-4-15-8(10-5)11-6(12)9(2-3-9)7(13)14/h4H,2-3H2,1H3,(H,13,14)(H,10,11,12). The topological polar surface area (TPSA) is 79.3 Å². The SMILES string of the molecule is Cc1csc(NC(=O)C2(C(=O)O)CC2)n1. The molecule has 0 bridgehead atoms. The molecular formula is C9H10N2O3S. The predicted octanol–water partition coefficient (Wildman–Crippen LogP) is 1.25. The molecule has 0 spiro atoms. The van der Waals surface area contributed by atoms with E-state index >= 15 is 0 Å². The third-order valence-electron chi connectivity index (χ3n) is 2.43. The van der Waals surface area contributed by atoms with Crippen molar-refractivity contribution in [2.75, 3.05) is 5.32 Å². The highest BCUT2D eigenvalue weighted by Crippen LogP contribution is 2.46. The number of aromatic nitrogens is 1. The first kappa shape index (κ1) is 10.1. The van der Waals surface area contributed by atoms with Crippen LogP contribution in [0.2, 0.25) is 0 Å². The maximum absolute atomic E-state index is 11.6. The molecule has 1 heterocycles. The van der Waals surface area contributed by atoms with E-state index in [1.54, 1.807) is 5.38 Å². The van der Waals surface area contributed by atoms with Gasteiger partial charge in [-0.1, -0.05) is 0 Å². The highest BCUT2D eigenvalue weighted by Gasteiger charge is 2.57. The van der Waals surface area contributed by atoms with E-state index in [2.05, 4.69) is 10.3 Å². The average molecular weight is 226 g/mol. The fourth-order valence-electron chi connectivity index (χ4n) is 1.29. The molecule has 1 aromatic heterocycles. The predicted molar refractivity (Wildman–Crippen MR) is 54.8 cm³/mol. The Morgan fingerprint density at radius 1 is 1.60 bits per heavy atom. The molecule has 2 rings (SSSR count). The normalized spacial score (nSPS) is 17.1. The molecule has 0 aliphatic heterocycles. The monoisotopic (exact) mass is 226 g/mol. The van der Waals surface area contributed by atoms with Crippen molar-refractivity contribution in [3.8, 4) is 0 Å². The zero-order valence-electron chi connectivity index (χ0n) is 8.11. The number of nitrogens with zero attached hydrogens (tertiary/aromatic N) is 1. The first-order chi connectivity index (χ1) is 7.04. The summed E-state index contributed by atoms with van der Waals surface area (Å²) in [6, 6.07) is 0. The second-order valence-electron chi connectivity index (χ2n) is 3.64. The quantitative estimate of drug-likeness (QED) is 0.760. The zero-order chi connectivity index (χ0) is 11.1. The van der Waals surface area contributed by atoms with Crippen molar-refractivity contribution >= 4 is 28.3 Å². The molecule has 6 heteroatoms. The summed E-state index contributed by atoms with van der Waals surface area (Å²) >= 11 is 1.30. The van der Waals surface area contributed by atoms with E-state index in [1.807, 2.05) is 6.92 Å². The number of anilines is 1. The Morgan fingerprint density at radius 3 is 2.67 bits per heavy atom. The molecule has 2 N–H and O–H groups in total. The Bertz CT molecular complexity index is 423. The van der Waals surface area contributed by atoms with Crippen LogP contribution in [0, 0.1) is 12.3 Å². The van der Waals surface area contributed by atoms with Gasteiger partial charge in [-0.3, -0.25) is 9.59 Å². The van der Waals surface area contributed by atoms with Crippen LogP contribution in [0.1, 0.15) is 18.5 Å². The lowest BCUT2D eigenvalue weighted by molar-refractivity contribution is -0.147. The number of rotatable bonds is 3. The fraction of sp³-hybridized carbons (Fsp3) is 0.444. The van der Waals surface area contributed by atoms with E-state index in [1.165, 1.54) is 11.3 Å². The number of hydrogen-bond acceptors (Lipinski definition) is 4. The van der Waals surface area contributed by atoms with Crippen LogP contribution in [-0.4, -0.2) is 22.0 Å². The minimum absolute atomic E-state index is 0.415. The number of aliphatic carboxylic acids is 1. The molecule has 5 nitrogen and oxygen atoms in total. The van der Waals surface area contributed by atoms with E-state index in [0.29, 0.717) is 18.0 Å². The lowest BCUT2D eigenvalue weighted by Crippen LogP contribution is -2.31. The summed E-state index contributed by atoms with van der Waals surface area (Å²) in [6.45, 7) is 1.82. The van der Waals surface area contributed by atoms with Crippen LogP contribution in [0.4, 0.5) is 5.13 Å². The van der Waals surface area contributed by atoms with Crippen molar-refractivity contribution in [1.29, 1.82) is 0 Å². The highest BCUT2D eigenvalue weighted by atomic mass is 32.1. The Kier molecular flexibility index (Phi) is 2.22. The van der Waals surface area contributed by atoms with Gasteiger partial charge in [-0.2, -0.15) is 0 Å². The van der Waals surface area contributed by atoms with Crippen LogP contribution in [0.5, 0.6) is 0 Å². The maximum Gasteiger partial charge on any atom is 0.319 e. The molecule has 1 saturated carbocycles. The van der Waals surface area contributed by atoms with Gasteiger partial charge in [-0.25, -0.2) is 4.98 Å². The van der Waals surface area contributed by atoms with Crippen molar-refractivity contribution in [1.82, 2.24) is 4.98 Å². The van der Waals surface area contributed by atoms with Crippen LogP contribution >= 0.6 is 11.3 Å². The van der Waals surface area contributed by atoms with E-state index < -0.39 is 17.3 Å². The number of aryl methyl sites for hydroxylation is 1. The number of nitrogens with one attached hydrogen (secondary N) is 1. The van der Waals surface area contributed by atoms with Gasteiger partial charge in [-0.05, 0) is 19.8 Å². The van der Waals surface area contributed by atoms with E-state index in [-0.39, 0.29) is 0 Å². The minimum atomic E-state index is -1.19. The number of carboxylic acid groups (broad SMARTS) is 1. The van der Waals surface area contributed by atoms with Gasteiger partial charge >= 0.3 is 5.97 Å². The number of carboxylic acids is 1. The molecule has 0 aromatic carbocycles. The van der Waals surface area contributed by atoms with Gasteiger partial charge in [0.15, 0.2) is 5.13 Å². The molecule has 1 aromatic rings. The molecule has 1 amide bonds. The van der Waals surface area contributed by atoms with E-state index in [4.69, 9.17) is 5.11 Å². The zero-order valence-corrected chi connectivity index (χ0v) is 8.93. The average Bonchev–Trinajstić information content (AvgIpc) is 2.88. The number of thiazole rings is 1. The van der Waals surface area contributed by atoms with Gasteiger partial charge in [0.25, 0.3) is 0 Å². The maximum atomic E-state index is 11.6. The van der Waals surface area contributed by atoms with Gasteiger partial charge in [-0.15, -0.1) is 11.3 Å². The molecule has 0 unspecified atom stereocenters.